The lowest BCUT2D eigenvalue weighted by molar-refractivity contribution is 0.148. The van der Waals surface area contributed by atoms with Crippen molar-refractivity contribution in [3.8, 4) is 18.1 Å². The lowest BCUT2D eigenvalue weighted by Crippen LogP contribution is -2.31. The van der Waals surface area contributed by atoms with Gasteiger partial charge in [-0.1, -0.05) is 36.3 Å². The van der Waals surface area contributed by atoms with E-state index in [0.29, 0.717) is 11.4 Å². The Morgan fingerprint density at radius 3 is 2.41 bits per heavy atom. The van der Waals surface area contributed by atoms with Crippen molar-refractivity contribution in [1.29, 1.82) is 0 Å². The Balaban J connectivity index is 2.06. The molecule has 4 heteroatoms. The van der Waals surface area contributed by atoms with Gasteiger partial charge in [-0.25, -0.2) is 4.79 Å². The van der Waals surface area contributed by atoms with Gasteiger partial charge in [-0.3, -0.25) is 4.90 Å². The van der Waals surface area contributed by atoms with Crippen molar-refractivity contribution in [2.45, 2.75) is 6.61 Å². The van der Waals surface area contributed by atoms with E-state index in [1.807, 2.05) is 30.3 Å². The van der Waals surface area contributed by atoms with Crippen LogP contribution in [-0.4, -0.2) is 19.7 Å². The number of benzene rings is 2. The minimum Gasteiger partial charge on any atom is -0.497 e. The number of terminal acetylenes is 1. The predicted octanol–water partition coefficient (Wildman–Crippen LogP) is 3.47. The van der Waals surface area contributed by atoms with E-state index < -0.39 is 6.09 Å². The first-order valence-corrected chi connectivity index (χ1v) is 6.80. The molecular weight excluding hydrogens is 278 g/mol. The molecule has 0 saturated heterocycles. The normalized spacial score (nSPS) is 9.64. The quantitative estimate of drug-likeness (QED) is 0.793. The summed E-state index contributed by atoms with van der Waals surface area (Å²) in [4.78, 5) is 13.6. The van der Waals surface area contributed by atoms with Crippen LogP contribution in [0.15, 0.2) is 54.6 Å². The molecule has 22 heavy (non-hydrogen) atoms. The topological polar surface area (TPSA) is 38.8 Å². The standard InChI is InChI=1S/C18H17NO3/c1-3-13-19(16-9-11-17(21-2)12-10-16)18(20)22-14-15-7-5-4-6-8-15/h1,4-12H,13-14H2,2H3. The first-order valence-electron chi connectivity index (χ1n) is 6.80. The van der Waals surface area contributed by atoms with Crippen molar-refractivity contribution in [2.75, 3.05) is 18.6 Å². The summed E-state index contributed by atoms with van der Waals surface area (Å²) in [6.45, 7) is 0.344. The Kier molecular flexibility index (Phi) is 5.44. The largest absolute Gasteiger partial charge is 0.497 e. The highest BCUT2D eigenvalue weighted by Gasteiger charge is 2.16. The number of carbonyl (C=O) groups is 1. The summed E-state index contributed by atoms with van der Waals surface area (Å²) in [5.41, 5.74) is 1.59. The lowest BCUT2D eigenvalue weighted by Gasteiger charge is -2.20. The Labute approximate surface area is 130 Å². The Hall–Kier alpha value is -2.93. The van der Waals surface area contributed by atoms with Gasteiger partial charge in [0, 0.05) is 5.69 Å². The van der Waals surface area contributed by atoms with Crippen LogP contribution in [0, 0.1) is 12.3 Å². The first-order chi connectivity index (χ1) is 10.7. The number of hydrogen-bond donors (Lipinski definition) is 0. The molecule has 2 aromatic rings. The maximum atomic E-state index is 12.2. The molecule has 0 N–H and O–H groups in total. The number of hydrogen-bond acceptors (Lipinski definition) is 3. The second-order valence-electron chi connectivity index (χ2n) is 4.53. The third kappa shape index (κ3) is 4.03. The van der Waals surface area contributed by atoms with Crippen molar-refractivity contribution >= 4 is 11.8 Å². The average molecular weight is 295 g/mol. The van der Waals surface area contributed by atoms with E-state index in [0.717, 1.165) is 5.56 Å². The molecule has 0 atom stereocenters. The molecule has 0 fully saturated rings. The van der Waals surface area contributed by atoms with Gasteiger partial charge < -0.3 is 9.47 Å². The van der Waals surface area contributed by atoms with Crippen LogP contribution in [0.25, 0.3) is 0 Å². The molecule has 0 aromatic heterocycles. The Bertz CT molecular complexity index is 644. The van der Waals surface area contributed by atoms with Gasteiger partial charge in [0.05, 0.1) is 13.7 Å². The monoisotopic (exact) mass is 295 g/mol. The molecule has 0 heterocycles. The summed E-state index contributed by atoms with van der Waals surface area (Å²) >= 11 is 0. The third-order valence-corrected chi connectivity index (χ3v) is 3.06. The minimum absolute atomic E-state index is 0.139. The fourth-order valence-electron chi connectivity index (χ4n) is 1.91. The van der Waals surface area contributed by atoms with Gasteiger partial charge in [0.1, 0.15) is 12.4 Å². The second-order valence-corrected chi connectivity index (χ2v) is 4.53. The molecule has 0 unspecified atom stereocenters. The van der Waals surface area contributed by atoms with Crippen LogP contribution >= 0.6 is 0 Å². The maximum Gasteiger partial charge on any atom is 0.415 e. The molecule has 0 aliphatic rings. The van der Waals surface area contributed by atoms with Crippen LogP contribution in [0.1, 0.15) is 5.56 Å². The zero-order chi connectivity index (χ0) is 15.8. The van der Waals surface area contributed by atoms with E-state index in [2.05, 4.69) is 5.92 Å². The van der Waals surface area contributed by atoms with Crippen molar-refractivity contribution in [2.24, 2.45) is 0 Å². The Morgan fingerprint density at radius 2 is 1.82 bits per heavy atom. The molecule has 0 saturated carbocycles. The number of amides is 1. The highest BCUT2D eigenvalue weighted by molar-refractivity contribution is 5.88. The second kappa shape index (κ2) is 7.75. The molecule has 0 radical (unpaired) electrons. The zero-order valence-electron chi connectivity index (χ0n) is 12.4. The molecule has 0 aliphatic heterocycles. The fourth-order valence-corrected chi connectivity index (χ4v) is 1.91. The van der Waals surface area contributed by atoms with Gasteiger partial charge in [-0.2, -0.15) is 0 Å². The molecule has 1 amide bonds. The van der Waals surface area contributed by atoms with Crippen molar-refractivity contribution in [3.05, 3.63) is 60.2 Å². The minimum atomic E-state index is -0.480. The summed E-state index contributed by atoms with van der Waals surface area (Å²) in [5, 5.41) is 0. The first kappa shape index (κ1) is 15.5. The van der Waals surface area contributed by atoms with Gasteiger partial charge >= 0.3 is 6.09 Å². The van der Waals surface area contributed by atoms with E-state index in [4.69, 9.17) is 15.9 Å². The van der Waals surface area contributed by atoms with E-state index in [-0.39, 0.29) is 13.2 Å². The molecule has 0 spiro atoms. The van der Waals surface area contributed by atoms with Gasteiger partial charge in [0.2, 0.25) is 0 Å². The van der Waals surface area contributed by atoms with Gasteiger partial charge in [0.25, 0.3) is 0 Å². The zero-order valence-corrected chi connectivity index (χ0v) is 12.4. The smallest absolute Gasteiger partial charge is 0.415 e. The van der Waals surface area contributed by atoms with E-state index in [1.54, 1.807) is 31.4 Å². The van der Waals surface area contributed by atoms with E-state index in [9.17, 15) is 4.79 Å². The molecule has 4 nitrogen and oxygen atoms in total. The number of ether oxygens (including phenoxy) is 2. The molecule has 112 valence electrons. The summed E-state index contributed by atoms with van der Waals surface area (Å²) in [6, 6.07) is 16.6. The number of nitrogens with zero attached hydrogens (tertiary/aromatic N) is 1. The van der Waals surface area contributed by atoms with Gasteiger partial charge in [-0.15, -0.1) is 6.42 Å². The van der Waals surface area contributed by atoms with E-state index >= 15 is 0 Å². The summed E-state index contributed by atoms with van der Waals surface area (Å²) in [7, 11) is 1.59. The molecule has 2 rings (SSSR count). The summed E-state index contributed by atoms with van der Waals surface area (Å²) in [6.07, 6.45) is 4.86. The Morgan fingerprint density at radius 1 is 1.14 bits per heavy atom. The highest BCUT2D eigenvalue weighted by Crippen LogP contribution is 2.20. The van der Waals surface area contributed by atoms with Crippen LogP contribution in [-0.2, 0) is 11.3 Å². The lowest BCUT2D eigenvalue weighted by atomic mass is 10.2. The van der Waals surface area contributed by atoms with Gasteiger partial charge in [-0.05, 0) is 29.8 Å². The van der Waals surface area contributed by atoms with Crippen LogP contribution < -0.4 is 9.64 Å². The predicted molar refractivity (Wildman–Crippen MR) is 85.8 cm³/mol. The highest BCUT2D eigenvalue weighted by atomic mass is 16.6. The molecular formula is C18H17NO3. The van der Waals surface area contributed by atoms with Crippen molar-refractivity contribution in [1.82, 2.24) is 0 Å². The number of methoxy groups -OCH3 is 1. The average Bonchev–Trinajstić information content (AvgIpc) is 2.58. The fraction of sp³-hybridized carbons (Fsp3) is 0.167. The molecule has 2 aromatic carbocycles. The summed E-state index contributed by atoms with van der Waals surface area (Å²) in [5.74, 6) is 3.18. The van der Waals surface area contributed by atoms with Crippen molar-refractivity contribution in [3.63, 3.8) is 0 Å². The molecule has 0 aliphatic carbocycles. The van der Waals surface area contributed by atoms with Crippen LogP contribution in [0.5, 0.6) is 5.75 Å². The van der Waals surface area contributed by atoms with E-state index in [1.165, 1.54) is 4.90 Å². The third-order valence-electron chi connectivity index (χ3n) is 3.06. The number of carbonyl (C=O) groups excluding carboxylic acids is 1. The van der Waals surface area contributed by atoms with Crippen LogP contribution in [0.2, 0.25) is 0 Å². The van der Waals surface area contributed by atoms with Gasteiger partial charge in [0.15, 0.2) is 0 Å². The van der Waals surface area contributed by atoms with Crippen LogP contribution in [0.3, 0.4) is 0 Å². The number of rotatable bonds is 5. The SMILES string of the molecule is C#CCN(C(=O)OCc1ccccc1)c1ccc(OC)cc1. The summed E-state index contributed by atoms with van der Waals surface area (Å²) < 4.78 is 10.4. The van der Waals surface area contributed by atoms with Crippen LogP contribution in [0.4, 0.5) is 10.5 Å². The maximum absolute atomic E-state index is 12.2. The van der Waals surface area contributed by atoms with Crippen molar-refractivity contribution < 1.29 is 14.3 Å². The molecule has 0 bridgehead atoms. The number of anilines is 1.